The fourth-order valence-electron chi connectivity index (χ4n) is 1.56. The maximum atomic E-state index is 11.9. The number of esters is 2. The summed E-state index contributed by atoms with van der Waals surface area (Å²) in [4.78, 5) is 23.1. The number of carbonyl (C=O) groups excluding carboxylic acids is 2. The van der Waals surface area contributed by atoms with Crippen LogP contribution in [-0.2, 0) is 4.74 Å². The second-order valence-corrected chi connectivity index (χ2v) is 4.35. The molecular weight excluding hydrogens is 280 g/mol. The van der Waals surface area contributed by atoms with Gasteiger partial charge in [-0.15, -0.1) is 0 Å². The van der Waals surface area contributed by atoms with Crippen LogP contribution < -0.4 is 4.74 Å². The van der Waals surface area contributed by atoms with E-state index in [1.54, 1.807) is 18.2 Å². The molecule has 0 saturated heterocycles. The number of methoxy groups -OCH3 is 1. The van der Waals surface area contributed by atoms with Crippen LogP contribution in [0.25, 0.3) is 0 Å². The van der Waals surface area contributed by atoms with Crippen LogP contribution in [0.1, 0.15) is 20.7 Å². The third-order valence-corrected chi connectivity index (χ3v) is 2.78. The van der Waals surface area contributed by atoms with Crippen molar-refractivity contribution in [2.45, 2.75) is 0 Å². The minimum absolute atomic E-state index is 0.336. The number of halogens is 1. The van der Waals surface area contributed by atoms with Gasteiger partial charge in [0, 0.05) is 5.02 Å². The van der Waals surface area contributed by atoms with E-state index in [1.807, 2.05) is 0 Å². The van der Waals surface area contributed by atoms with Gasteiger partial charge in [0.05, 0.1) is 18.2 Å². The van der Waals surface area contributed by atoms with Crippen molar-refractivity contribution < 1.29 is 19.1 Å². The van der Waals surface area contributed by atoms with E-state index < -0.39 is 11.9 Å². The molecule has 2 aromatic rings. The number of hydrogen-bond donors (Lipinski definition) is 0. The molecule has 0 amide bonds. The second-order valence-electron chi connectivity index (χ2n) is 3.92. The monoisotopic (exact) mass is 290 g/mol. The summed E-state index contributed by atoms with van der Waals surface area (Å²) < 4.78 is 9.75. The Bertz CT molecular complexity index is 635. The van der Waals surface area contributed by atoms with Gasteiger partial charge in [-0.05, 0) is 42.5 Å². The molecule has 0 aliphatic heterocycles. The Balaban J connectivity index is 2.10. The molecule has 0 radical (unpaired) electrons. The van der Waals surface area contributed by atoms with Gasteiger partial charge in [-0.2, -0.15) is 0 Å². The molecule has 5 heteroatoms. The highest BCUT2D eigenvalue weighted by Crippen LogP contribution is 2.16. The number of hydrogen-bond acceptors (Lipinski definition) is 4. The van der Waals surface area contributed by atoms with Crippen molar-refractivity contribution in [1.29, 1.82) is 0 Å². The first-order valence-corrected chi connectivity index (χ1v) is 6.14. The van der Waals surface area contributed by atoms with Gasteiger partial charge in [0.15, 0.2) is 0 Å². The quantitative estimate of drug-likeness (QED) is 0.642. The predicted molar refractivity (Wildman–Crippen MR) is 74.2 cm³/mol. The molecule has 0 fully saturated rings. The van der Waals surface area contributed by atoms with Crippen molar-refractivity contribution in [3.63, 3.8) is 0 Å². The molecule has 0 aliphatic carbocycles. The van der Waals surface area contributed by atoms with E-state index in [0.717, 1.165) is 0 Å². The zero-order valence-electron chi connectivity index (χ0n) is 10.6. The maximum Gasteiger partial charge on any atom is 0.343 e. The van der Waals surface area contributed by atoms with E-state index in [9.17, 15) is 9.59 Å². The molecular formula is C15H11ClO4. The highest BCUT2D eigenvalue weighted by molar-refractivity contribution is 6.30. The van der Waals surface area contributed by atoms with Gasteiger partial charge in [-0.25, -0.2) is 9.59 Å². The van der Waals surface area contributed by atoms with Gasteiger partial charge in [0.2, 0.25) is 0 Å². The minimum atomic E-state index is -0.515. The average molecular weight is 291 g/mol. The number of ether oxygens (including phenoxy) is 2. The summed E-state index contributed by atoms with van der Waals surface area (Å²) in [6.45, 7) is 0. The van der Waals surface area contributed by atoms with Gasteiger partial charge in [-0.1, -0.05) is 17.7 Å². The van der Waals surface area contributed by atoms with Gasteiger partial charge in [-0.3, -0.25) is 0 Å². The minimum Gasteiger partial charge on any atom is -0.465 e. The van der Waals surface area contributed by atoms with E-state index in [4.69, 9.17) is 16.3 Å². The van der Waals surface area contributed by atoms with Crippen LogP contribution in [0.4, 0.5) is 0 Å². The molecule has 2 aromatic carbocycles. The van der Waals surface area contributed by atoms with Gasteiger partial charge < -0.3 is 9.47 Å². The third-order valence-electron chi connectivity index (χ3n) is 2.55. The number of rotatable bonds is 3. The molecule has 0 aromatic heterocycles. The Morgan fingerprint density at radius 1 is 0.950 bits per heavy atom. The van der Waals surface area contributed by atoms with Crippen LogP contribution >= 0.6 is 11.6 Å². The van der Waals surface area contributed by atoms with E-state index in [1.165, 1.54) is 37.4 Å². The molecule has 0 heterocycles. The van der Waals surface area contributed by atoms with Crippen LogP contribution in [-0.4, -0.2) is 19.0 Å². The molecule has 0 unspecified atom stereocenters. The molecule has 0 bridgehead atoms. The molecule has 0 aliphatic rings. The van der Waals surface area contributed by atoms with E-state index in [2.05, 4.69) is 4.74 Å². The van der Waals surface area contributed by atoms with Gasteiger partial charge >= 0.3 is 11.9 Å². The van der Waals surface area contributed by atoms with Crippen molar-refractivity contribution in [3.05, 3.63) is 64.7 Å². The molecule has 0 atom stereocenters. The highest BCUT2D eigenvalue weighted by atomic mass is 35.5. The number of benzene rings is 2. The van der Waals surface area contributed by atoms with Crippen molar-refractivity contribution in [3.8, 4) is 5.75 Å². The lowest BCUT2D eigenvalue weighted by Gasteiger charge is -2.05. The lowest BCUT2D eigenvalue weighted by molar-refractivity contribution is 0.0600. The Labute approximate surface area is 120 Å². The standard InChI is InChI=1S/C15H11ClO4/c1-19-14(17)10-5-7-13(8-6-10)20-15(18)11-3-2-4-12(16)9-11/h2-9H,1H3. The van der Waals surface area contributed by atoms with Crippen LogP contribution in [0, 0.1) is 0 Å². The summed E-state index contributed by atoms with van der Waals surface area (Å²) in [5, 5.41) is 0.459. The first kappa shape index (κ1) is 14.1. The number of carbonyl (C=O) groups is 2. The second kappa shape index (κ2) is 6.21. The molecule has 0 N–H and O–H groups in total. The van der Waals surface area contributed by atoms with E-state index in [-0.39, 0.29) is 0 Å². The fourth-order valence-corrected chi connectivity index (χ4v) is 1.75. The summed E-state index contributed by atoms with van der Waals surface area (Å²) in [6.07, 6.45) is 0. The van der Waals surface area contributed by atoms with E-state index >= 15 is 0 Å². The van der Waals surface area contributed by atoms with Crippen molar-refractivity contribution in [1.82, 2.24) is 0 Å². The normalized spacial score (nSPS) is 9.90. The smallest absolute Gasteiger partial charge is 0.343 e. The summed E-state index contributed by atoms with van der Waals surface area (Å²) in [5.41, 5.74) is 0.740. The average Bonchev–Trinajstić information content (AvgIpc) is 2.47. The van der Waals surface area contributed by atoms with Crippen LogP contribution in [0.3, 0.4) is 0 Å². The maximum absolute atomic E-state index is 11.9. The topological polar surface area (TPSA) is 52.6 Å². The van der Waals surface area contributed by atoms with Crippen LogP contribution in [0.5, 0.6) is 5.75 Å². The first-order chi connectivity index (χ1) is 9.60. The van der Waals surface area contributed by atoms with E-state index in [0.29, 0.717) is 21.9 Å². The van der Waals surface area contributed by atoms with Crippen molar-refractivity contribution in [2.75, 3.05) is 7.11 Å². The molecule has 2 rings (SSSR count). The fraction of sp³-hybridized carbons (Fsp3) is 0.0667. The Kier molecular flexibility index (Phi) is 4.38. The van der Waals surface area contributed by atoms with Crippen molar-refractivity contribution >= 4 is 23.5 Å². The summed E-state index contributed by atoms with van der Waals surface area (Å²) in [6, 6.07) is 12.6. The van der Waals surface area contributed by atoms with Gasteiger partial charge in [0.25, 0.3) is 0 Å². The molecule has 102 valence electrons. The molecule has 4 nitrogen and oxygen atoms in total. The Hall–Kier alpha value is -2.33. The zero-order chi connectivity index (χ0) is 14.5. The summed E-state index contributed by atoms with van der Waals surface area (Å²) in [5.74, 6) is -0.626. The third kappa shape index (κ3) is 3.36. The Morgan fingerprint density at radius 2 is 1.65 bits per heavy atom. The molecule has 0 saturated carbocycles. The summed E-state index contributed by atoms with van der Waals surface area (Å²) in [7, 11) is 1.30. The van der Waals surface area contributed by atoms with Gasteiger partial charge in [0.1, 0.15) is 5.75 Å². The van der Waals surface area contributed by atoms with Crippen LogP contribution in [0.2, 0.25) is 5.02 Å². The van der Waals surface area contributed by atoms with Crippen LogP contribution in [0.15, 0.2) is 48.5 Å². The lowest BCUT2D eigenvalue weighted by Crippen LogP contribution is -2.08. The molecule has 0 spiro atoms. The molecule has 20 heavy (non-hydrogen) atoms. The lowest BCUT2D eigenvalue weighted by atomic mass is 10.2. The first-order valence-electron chi connectivity index (χ1n) is 5.76. The zero-order valence-corrected chi connectivity index (χ0v) is 11.4. The highest BCUT2D eigenvalue weighted by Gasteiger charge is 2.10. The Morgan fingerprint density at radius 3 is 2.25 bits per heavy atom. The SMILES string of the molecule is COC(=O)c1ccc(OC(=O)c2cccc(Cl)c2)cc1. The van der Waals surface area contributed by atoms with Crippen molar-refractivity contribution in [2.24, 2.45) is 0 Å². The predicted octanol–water partition coefficient (Wildman–Crippen LogP) is 3.35. The summed E-state index contributed by atoms with van der Waals surface area (Å²) >= 11 is 5.80. The largest absolute Gasteiger partial charge is 0.465 e.